The van der Waals surface area contributed by atoms with Crippen molar-refractivity contribution in [3.8, 4) is 5.88 Å². The number of pyridine rings is 1. The molecular formula is C20H19ClFN5O. The van der Waals surface area contributed by atoms with Crippen LogP contribution in [0.5, 0.6) is 5.88 Å². The minimum Gasteiger partial charge on any atom is -0.473 e. The second-order valence-corrected chi connectivity index (χ2v) is 7.69. The summed E-state index contributed by atoms with van der Waals surface area (Å²) in [5.74, 6) is 0.716. The molecule has 3 aromatic rings. The first kappa shape index (κ1) is 17.6. The van der Waals surface area contributed by atoms with Gasteiger partial charge in [0.25, 0.3) is 0 Å². The molecule has 1 saturated heterocycles. The summed E-state index contributed by atoms with van der Waals surface area (Å²) in [7, 11) is 0. The molecule has 0 radical (unpaired) electrons. The van der Waals surface area contributed by atoms with Crippen LogP contribution in [0.25, 0.3) is 11.0 Å². The van der Waals surface area contributed by atoms with Gasteiger partial charge in [-0.2, -0.15) is 0 Å². The third-order valence-corrected chi connectivity index (χ3v) is 5.63. The Morgan fingerprint density at radius 3 is 2.89 bits per heavy atom. The molecule has 0 spiro atoms. The number of hydrogen-bond acceptors (Lipinski definition) is 6. The number of benzene rings is 1. The summed E-state index contributed by atoms with van der Waals surface area (Å²) >= 11 is 5.99. The summed E-state index contributed by atoms with van der Waals surface area (Å²) in [5, 5.41) is 6.79. The Labute approximate surface area is 166 Å². The fourth-order valence-corrected chi connectivity index (χ4v) is 3.84. The van der Waals surface area contributed by atoms with Crippen molar-refractivity contribution >= 4 is 28.5 Å². The molecule has 2 aromatic heterocycles. The zero-order valence-electron chi connectivity index (χ0n) is 15.1. The van der Waals surface area contributed by atoms with Crippen LogP contribution in [0, 0.1) is 5.82 Å². The number of rotatable bonds is 5. The van der Waals surface area contributed by atoms with Gasteiger partial charge in [0, 0.05) is 18.2 Å². The van der Waals surface area contributed by atoms with E-state index in [0.29, 0.717) is 28.3 Å². The highest BCUT2D eigenvalue weighted by molar-refractivity contribution is 6.30. The predicted molar refractivity (Wildman–Crippen MR) is 105 cm³/mol. The second-order valence-electron chi connectivity index (χ2n) is 7.28. The van der Waals surface area contributed by atoms with Gasteiger partial charge in [0.1, 0.15) is 23.8 Å². The monoisotopic (exact) mass is 399 g/mol. The molecule has 1 aliphatic heterocycles. The van der Waals surface area contributed by atoms with Crippen molar-refractivity contribution in [3.63, 3.8) is 0 Å². The SMILES string of the molecule is Fc1c(Cl)cccc1C1(Nc2ncnc3ccc(O[C@H]4CCNC4)nc23)CC1. The fourth-order valence-electron chi connectivity index (χ4n) is 3.67. The molecule has 1 atom stereocenters. The first-order valence-corrected chi connectivity index (χ1v) is 9.74. The predicted octanol–water partition coefficient (Wildman–Crippen LogP) is 3.66. The zero-order chi connectivity index (χ0) is 19.1. The third kappa shape index (κ3) is 3.14. The first-order chi connectivity index (χ1) is 13.6. The van der Waals surface area contributed by atoms with Crippen molar-refractivity contribution in [1.29, 1.82) is 0 Å². The molecule has 2 N–H and O–H groups in total. The van der Waals surface area contributed by atoms with Gasteiger partial charge in [-0.1, -0.05) is 23.7 Å². The highest BCUT2D eigenvalue weighted by atomic mass is 35.5. The lowest BCUT2D eigenvalue weighted by Crippen LogP contribution is -2.22. The number of halogens is 2. The van der Waals surface area contributed by atoms with Gasteiger partial charge in [0.15, 0.2) is 5.82 Å². The molecule has 0 unspecified atom stereocenters. The average Bonchev–Trinajstić information content (AvgIpc) is 3.29. The van der Waals surface area contributed by atoms with Gasteiger partial charge in [-0.25, -0.2) is 19.3 Å². The van der Waals surface area contributed by atoms with E-state index in [0.717, 1.165) is 32.4 Å². The maximum atomic E-state index is 14.6. The molecule has 2 fully saturated rings. The van der Waals surface area contributed by atoms with Crippen LogP contribution in [0.4, 0.5) is 10.2 Å². The van der Waals surface area contributed by atoms with E-state index in [1.54, 1.807) is 18.2 Å². The first-order valence-electron chi connectivity index (χ1n) is 9.36. The summed E-state index contributed by atoms with van der Waals surface area (Å²) in [6.07, 6.45) is 4.13. The van der Waals surface area contributed by atoms with Crippen LogP contribution in [0.15, 0.2) is 36.7 Å². The Kier molecular flexibility index (Phi) is 4.29. The molecule has 1 aliphatic carbocycles. The molecule has 144 valence electrons. The van der Waals surface area contributed by atoms with Crippen LogP contribution in [0.1, 0.15) is 24.8 Å². The van der Waals surface area contributed by atoms with Gasteiger partial charge in [0.2, 0.25) is 5.88 Å². The van der Waals surface area contributed by atoms with Crippen molar-refractivity contribution in [1.82, 2.24) is 20.3 Å². The molecular weight excluding hydrogens is 381 g/mol. The minimum atomic E-state index is -0.524. The largest absolute Gasteiger partial charge is 0.473 e. The topological polar surface area (TPSA) is 72.0 Å². The quantitative estimate of drug-likeness (QED) is 0.682. The van der Waals surface area contributed by atoms with Crippen LogP contribution < -0.4 is 15.4 Å². The molecule has 1 aromatic carbocycles. The summed E-state index contributed by atoms with van der Waals surface area (Å²) in [4.78, 5) is 13.3. The molecule has 2 aliphatic rings. The van der Waals surface area contributed by atoms with Gasteiger partial charge < -0.3 is 15.4 Å². The van der Waals surface area contributed by atoms with Gasteiger partial charge in [-0.3, -0.25) is 0 Å². The van der Waals surface area contributed by atoms with E-state index in [-0.39, 0.29) is 11.1 Å². The number of nitrogens with one attached hydrogen (secondary N) is 2. The maximum Gasteiger partial charge on any atom is 0.214 e. The number of ether oxygens (including phenoxy) is 1. The van der Waals surface area contributed by atoms with Crippen molar-refractivity contribution < 1.29 is 9.13 Å². The third-order valence-electron chi connectivity index (χ3n) is 5.33. The number of fused-ring (bicyclic) bond motifs is 1. The average molecular weight is 400 g/mol. The molecule has 6 nitrogen and oxygen atoms in total. The van der Waals surface area contributed by atoms with Crippen LogP contribution in [0.2, 0.25) is 5.02 Å². The van der Waals surface area contributed by atoms with Crippen molar-refractivity contribution in [2.75, 3.05) is 18.4 Å². The molecule has 28 heavy (non-hydrogen) atoms. The van der Waals surface area contributed by atoms with E-state index in [4.69, 9.17) is 16.3 Å². The van der Waals surface area contributed by atoms with E-state index < -0.39 is 11.4 Å². The summed E-state index contributed by atoms with van der Waals surface area (Å²) < 4.78 is 20.6. The Balaban J connectivity index is 1.49. The molecule has 1 saturated carbocycles. The number of aromatic nitrogens is 3. The van der Waals surface area contributed by atoms with Gasteiger partial charge in [-0.05, 0) is 37.9 Å². The maximum absolute atomic E-state index is 14.6. The smallest absolute Gasteiger partial charge is 0.214 e. The highest BCUT2D eigenvalue weighted by Gasteiger charge is 2.47. The Morgan fingerprint density at radius 2 is 2.11 bits per heavy atom. The van der Waals surface area contributed by atoms with Crippen LogP contribution in [-0.2, 0) is 5.54 Å². The second kappa shape index (κ2) is 6.83. The molecule has 8 heteroatoms. The van der Waals surface area contributed by atoms with Crippen molar-refractivity contribution in [2.24, 2.45) is 0 Å². The molecule has 0 amide bonds. The van der Waals surface area contributed by atoms with Gasteiger partial charge in [0.05, 0.1) is 16.1 Å². The van der Waals surface area contributed by atoms with Crippen molar-refractivity contribution in [2.45, 2.75) is 30.9 Å². The number of anilines is 1. The van der Waals surface area contributed by atoms with Gasteiger partial charge >= 0.3 is 0 Å². The highest BCUT2D eigenvalue weighted by Crippen LogP contribution is 2.50. The lowest BCUT2D eigenvalue weighted by Gasteiger charge is -2.20. The van der Waals surface area contributed by atoms with Crippen LogP contribution in [-0.4, -0.2) is 34.1 Å². The van der Waals surface area contributed by atoms with Crippen LogP contribution >= 0.6 is 11.6 Å². The normalized spacial score (nSPS) is 20.3. The summed E-state index contributed by atoms with van der Waals surface area (Å²) in [5.41, 5.74) is 1.34. The van der Waals surface area contributed by atoms with E-state index >= 15 is 0 Å². The lowest BCUT2D eigenvalue weighted by atomic mass is 10.0. The molecule has 0 bridgehead atoms. The van der Waals surface area contributed by atoms with Crippen molar-refractivity contribution in [3.05, 3.63) is 53.1 Å². The van der Waals surface area contributed by atoms with Gasteiger partial charge in [-0.15, -0.1) is 0 Å². The van der Waals surface area contributed by atoms with E-state index in [1.807, 2.05) is 12.1 Å². The molecule has 3 heterocycles. The number of nitrogens with zero attached hydrogens (tertiary/aromatic N) is 3. The molecule has 5 rings (SSSR count). The zero-order valence-corrected chi connectivity index (χ0v) is 15.8. The standard InChI is InChI=1S/C20H19ClFN5O/c21-14-3-1-2-13(17(14)22)20(7-8-20)27-19-18-15(24-11-25-19)4-5-16(26-18)28-12-6-9-23-10-12/h1-5,11-12,23H,6-10H2,(H,24,25,27)/t12-/m0/s1. The fraction of sp³-hybridized carbons (Fsp3) is 0.350. The van der Waals surface area contributed by atoms with E-state index in [9.17, 15) is 4.39 Å². The Bertz CT molecular complexity index is 1040. The minimum absolute atomic E-state index is 0.112. The lowest BCUT2D eigenvalue weighted by molar-refractivity contribution is 0.215. The summed E-state index contributed by atoms with van der Waals surface area (Å²) in [6.45, 7) is 1.76. The van der Waals surface area contributed by atoms with E-state index in [2.05, 4.69) is 25.6 Å². The van der Waals surface area contributed by atoms with E-state index in [1.165, 1.54) is 6.33 Å². The Hall–Kier alpha value is -2.51. The Morgan fingerprint density at radius 1 is 1.21 bits per heavy atom. The summed E-state index contributed by atoms with van der Waals surface area (Å²) in [6, 6.07) is 8.77. The van der Waals surface area contributed by atoms with Crippen LogP contribution in [0.3, 0.4) is 0 Å². The number of hydrogen-bond donors (Lipinski definition) is 2.